The van der Waals surface area contributed by atoms with Crippen LogP contribution in [0.15, 0.2) is 23.1 Å². The summed E-state index contributed by atoms with van der Waals surface area (Å²) in [6, 6.07) is 4.53. The van der Waals surface area contributed by atoms with Gasteiger partial charge in [0, 0.05) is 16.3 Å². The number of ether oxygens (including phenoxy) is 3. The minimum atomic E-state index is -4.02. The van der Waals surface area contributed by atoms with Crippen molar-refractivity contribution in [1.82, 2.24) is 9.97 Å². The Morgan fingerprint density at radius 2 is 1.81 bits per heavy atom. The molecule has 0 bridgehead atoms. The molecule has 170 valence electrons. The Balaban J connectivity index is 1.51. The molecule has 3 aromatic rings. The number of aromatic nitrogens is 2. The molecule has 2 aliphatic heterocycles. The quantitative estimate of drug-likeness (QED) is 0.599. The maximum atomic E-state index is 13.2. The SMILES string of the molecule is Cc1sc2nc(C[NH+]3CCOCC3)nc([N-]S(=O)(=O)c3ccc4c(c3)OCCO4)c2c1C. The number of aryl methyl sites for hydroxylation is 2. The average Bonchev–Trinajstić information content (AvgIpc) is 3.07. The molecule has 1 N–H and O–H groups in total. The second-order valence-corrected chi connectivity index (χ2v) is 10.6. The largest absolute Gasteiger partial charge is 0.486 e. The number of quaternary nitrogens is 1. The average molecular weight is 477 g/mol. The number of thiophene rings is 1. The molecule has 4 heterocycles. The van der Waals surface area contributed by atoms with Gasteiger partial charge in [0.15, 0.2) is 11.5 Å². The number of nitrogens with one attached hydrogen (secondary N) is 1. The van der Waals surface area contributed by atoms with Crippen molar-refractivity contribution in [2.24, 2.45) is 0 Å². The highest BCUT2D eigenvalue weighted by atomic mass is 32.2. The van der Waals surface area contributed by atoms with Gasteiger partial charge in [0.25, 0.3) is 0 Å². The van der Waals surface area contributed by atoms with Gasteiger partial charge in [-0.25, -0.2) is 13.4 Å². The molecular weight excluding hydrogens is 452 g/mol. The van der Waals surface area contributed by atoms with E-state index in [2.05, 4.69) is 9.71 Å². The van der Waals surface area contributed by atoms with Crippen LogP contribution in [0.1, 0.15) is 16.3 Å². The van der Waals surface area contributed by atoms with E-state index in [4.69, 9.17) is 19.2 Å². The van der Waals surface area contributed by atoms with Crippen LogP contribution < -0.4 is 14.4 Å². The fourth-order valence-electron chi connectivity index (χ4n) is 3.83. The molecule has 1 fully saturated rings. The van der Waals surface area contributed by atoms with Crippen LogP contribution in [0.3, 0.4) is 0 Å². The van der Waals surface area contributed by atoms with E-state index in [1.807, 2.05) is 13.8 Å². The van der Waals surface area contributed by atoms with Gasteiger partial charge < -0.3 is 28.8 Å². The minimum Gasteiger partial charge on any atom is -0.486 e. The molecular formula is C21H24N4O5S2. The highest BCUT2D eigenvalue weighted by molar-refractivity contribution is 7.94. The summed E-state index contributed by atoms with van der Waals surface area (Å²) in [6.45, 7) is 8.48. The Kier molecular flexibility index (Phi) is 5.66. The summed E-state index contributed by atoms with van der Waals surface area (Å²) >= 11 is 1.53. The monoisotopic (exact) mass is 476 g/mol. The molecule has 2 aliphatic rings. The fourth-order valence-corrected chi connectivity index (χ4v) is 5.83. The molecule has 1 saturated heterocycles. The van der Waals surface area contributed by atoms with E-state index in [1.54, 1.807) is 6.07 Å². The molecule has 9 nitrogen and oxygen atoms in total. The van der Waals surface area contributed by atoms with E-state index < -0.39 is 10.0 Å². The van der Waals surface area contributed by atoms with Gasteiger partial charge in [0.05, 0.1) is 23.9 Å². The number of sulfonamides is 1. The van der Waals surface area contributed by atoms with Gasteiger partial charge in [-0.15, -0.1) is 11.3 Å². The molecule has 0 aliphatic carbocycles. The van der Waals surface area contributed by atoms with E-state index in [0.717, 1.165) is 28.4 Å². The third-order valence-electron chi connectivity index (χ3n) is 5.68. The second kappa shape index (κ2) is 8.47. The van der Waals surface area contributed by atoms with E-state index in [-0.39, 0.29) is 10.7 Å². The van der Waals surface area contributed by atoms with Crippen molar-refractivity contribution in [2.75, 3.05) is 39.5 Å². The Hall–Kier alpha value is -2.47. The van der Waals surface area contributed by atoms with Crippen molar-refractivity contribution in [2.45, 2.75) is 25.3 Å². The number of rotatable bonds is 5. The van der Waals surface area contributed by atoms with Crippen molar-refractivity contribution >= 4 is 37.4 Å². The van der Waals surface area contributed by atoms with Crippen LogP contribution in [0, 0.1) is 13.8 Å². The van der Waals surface area contributed by atoms with Crippen LogP contribution in [0.25, 0.3) is 14.9 Å². The van der Waals surface area contributed by atoms with Crippen LogP contribution in [0.2, 0.25) is 0 Å². The van der Waals surface area contributed by atoms with Gasteiger partial charge in [-0.1, -0.05) is 0 Å². The number of hydrogen-bond donors (Lipinski definition) is 1. The summed E-state index contributed by atoms with van der Waals surface area (Å²) in [5.74, 6) is 1.71. The zero-order valence-corrected chi connectivity index (χ0v) is 19.5. The second-order valence-electron chi connectivity index (χ2n) is 7.84. The molecule has 0 amide bonds. The molecule has 11 heteroatoms. The Labute approximate surface area is 190 Å². The van der Waals surface area contributed by atoms with Crippen molar-refractivity contribution < 1.29 is 27.5 Å². The summed E-state index contributed by atoms with van der Waals surface area (Å²) < 4.78 is 47.0. The first kappa shape index (κ1) is 21.4. The maximum absolute atomic E-state index is 13.2. The van der Waals surface area contributed by atoms with Gasteiger partial charge in [-0.2, -0.15) is 0 Å². The number of benzene rings is 1. The molecule has 0 radical (unpaired) electrons. The first-order chi connectivity index (χ1) is 15.4. The zero-order chi connectivity index (χ0) is 22.3. The molecule has 5 rings (SSSR count). The van der Waals surface area contributed by atoms with E-state index in [9.17, 15) is 8.42 Å². The lowest BCUT2D eigenvalue weighted by atomic mass is 10.2. The predicted molar refractivity (Wildman–Crippen MR) is 120 cm³/mol. The van der Waals surface area contributed by atoms with Gasteiger partial charge in [-0.05, 0) is 37.4 Å². The molecule has 0 saturated carbocycles. The smallest absolute Gasteiger partial charge is 0.202 e. The molecule has 1 aromatic carbocycles. The van der Waals surface area contributed by atoms with Crippen LogP contribution in [0.4, 0.5) is 5.82 Å². The Bertz CT molecular complexity index is 1270. The van der Waals surface area contributed by atoms with E-state index in [1.165, 1.54) is 28.4 Å². The molecule has 0 atom stereocenters. The van der Waals surface area contributed by atoms with Gasteiger partial charge in [0.1, 0.15) is 37.7 Å². The minimum absolute atomic E-state index is 0.0403. The van der Waals surface area contributed by atoms with Crippen molar-refractivity contribution in [3.05, 3.63) is 39.2 Å². The van der Waals surface area contributed by atoms with Crippen LogP contribution in [0.5, 0.6) is 11.5 Å². The number of nitrogens with zero attached hydrogens (tertiary/aromatic N) is 3. The first-order valence-corrected chi connectivity index (χ1v) is 12.7. The van der Waals surface area contributed by atoms with Crippen molar-refractivity contribution in [3.8, 4) is 11.5 Å². The van der Waals surface area contributed by atoms with Gasteiger partial charge in [0.2, 0.25) is 10.0 Å². The highest BCUT2D eigenvalue weighted by Crippen LogP contribution is 2.40. The molecule has 2 aromatic heterocycles. The molecule has 0 spiro atoms. The number of fused-ring (bicyclic) bond motifs is 2. The molecule has 0 unspecified atom stereocenters. The summed E-state index contributed by atoms with van der Waals surface area (Å²) in [4.78, 5) is 12.5. The third kappa shape index (κ3) is 4.13. The lowest BCUT2D eigenvalue weighted by Crippen LogP contribution is -3.12. The highest BCUT2D eigenvalue weighted by Gasteiger charge is 2.20. The van der Waals surface area contributed by atoms with Gasteiger partial charge >= 0.3 is 0 Å². The van der Waals surface area contributed by atoms with Crippen molar-refractivity contribution in [1.29, 1.82) is 0 Å². The fraction of sp³-hybridized carbons (Fsp3) is 0.429. The third-order valence-corrected chi connectivity index (χ3v) is 8.05. The van der Waals surface area contributed by atoms with Crippen LogP contribution >= 0.6 is 11.3 Å². The van der Waals surface area contributed by atoms with E-state index in [0.29, 0.717) is 55.7 Å². The van der Waals surface area contributed by atoms with Crippen LogP contribution in [-0.2, 0) is 21.3 Å². The first-order valence-electron chi connectivity index (χ1n) is 10.5. The van der Waals surface area contributed by atoms with Crippen LogP contribution in [-0.4, -0.2) is 57.9 Å². The topological polar surface area (TPSA) is 106 Å². The number of hydrogen-bond acceptors (Lipinski definition) is 8. The van der Waals surface area contributed by atoms with Gasteiger partial charge in [-0.3, -0.25) is 0 Å². The summed E-state index contributed by atoms with van der Waals surface area (Å²) in [6.07, 6.45) is 0. The maximum Gasteiger partial charge on any atom is 0.202 e. The normalized spacial score (nSPS) is 16.9. The lowest BCUT2D eigenvalue weighted by Gasteiger charge is -2.25. The zero-order valence-electron chi connectivity index (χ0n) is 17.9. The summed E-state index contributed by atoms with van der Waals surface area (Å²) in [5.41, 5.74) is 0.950. The molecule has 32 heavy (non-hydrogen) atoms. The van der Waals surface area contributed by atoms with Crippen molar-refractivity contribution in [3.63, 3.8) is 0 Å². The summed E-state index contributed by atoms with van der Waals surface area (Å²) in [7, 11) is -4.02. The summed E-state index contributed by atoms with van der Waals surface area (Å²) in [5, 5.41) is 0.689. The predicted octanol–water partition coefficient (Wildman–Crippen LogP) is 1.89. The lowest BCUT2D eigenvalue weighted by molar-refractivity contribution is -0.922. The Morgan fingerprint density at radius 1 is 1.06 bits per heavy atom. The number of morpholine rings is 1. The standard InChI is InChI=1S/C21H23N4O5S2/c1-13-14(2)31-21-19(13)20(22-18(23-21)12-25-5-7-28-8-6-25)24-32(26,27)15-3-4-16-17(11-15)30-10-9-29-16/h3-4,11H,5-10,12H2,1-2H3/q-1/p+1. The Morgan fingerprint density at radius 3 is 2.59 bits per heavy atom. The van der Waals surface area contributed by atoms with E-state index >= 15 is 0 Å².